The summed E-state index contributed by atoms with van der Waals surface area (Å²) >= 11 is 0. The average molecular weight is 290 g/mol. The van der Waals surface area contributed by atoms with E-state index in [4.69, 9.17) is 4.74 Å². The van der Waals surface area contributed by atoms with Crippen molar-refractivity contribution in [1.29, 1.82) is 0 Å². The molecular weight excluding hydrogens is 260 g/mol. The van der Waals surface area contributed by atoms with Crippen molar-refractivity contribution in [2.45, 2.75) is 51.7 Å². The third kappa shape index (κ3) is 5.77. The van der Waals surface area contributed by atoms with Crippen LogP contribution in [0.15, 0.2) is 24.3 Å². The van der Waals surface area contributed by atoms with E-state index in [1.807, 2.05) is 0 Å². The highest BCUT2D eigenvalue weighted by Gasteiger charge is 2.19. The summed E-state index contributed by atoms with van der Waals surface area (Å²) < 4.78 is 5.26. The molecule has 1 aromatic rings. The Balaban J connectivity index is 1.79. The van der Waals surface area contributed by atoms with Gasteiger partial charge in [0, 0.05) is 25.7 Å². The Kier molecular flexibility index (Phi) is 6.68. The molecule has 1 aromatic carbocycles. The number of rotatable bonds is 10. The van der Waals surface area contributed by atoms with Gasteiger partial charge in [0.25, 0.3) is 0 Å². The summed E-state index contributed by atoms with van der Waals surface area (Å²) in [5.41, 5.74) is 2.82. The Bertz CT molecular complexity index is 400. The molecule has 1 N–H and O–H groups in total. The predicted octanol–water partition coefficient (Wildman–Crippen LogP) is 2.84. The van der Waals surface area contributed by atoms with E-state index in [1.165, 1.54) is 24.0 Å². The molecule has 0 saturated heterocycles. The highest BCUT2D eigenvalue weighted by molar-refractivity contribution is 5.23. The van der Waals surface area contributed by atoms with Crippen LogP contribution in [0.3, 0.4) is 0 Å². The van der Waals surface area contributed by atoms with Gasteiger partial charge in [-0.25, -0.2) is 0 Å². The number of hydrogen-bond acceptors (Lipinski definition) is 3. The van der Waals surface area contributed by atoms with Crippen LogP contribution in [0.4, 0.5) is 0 Å². The fraction of sp³-hybridized carbons (Fsp3) is 0.667. The summed E-state index contributed by atoms with van der Waals surface area (Å²) in [6, 6.07) is 10.4. The second-order valence-corrected chi connectivity index (χ2v) is 6.16. The number of hydrogen-bond donors (Lipinski definition) is 1. The van der Waals surface area contributed by atoms with Crippen LogP contribution in [0.2, 0.25) is 0 Å². The molecule has 0 aliphatic heterocycles. The van der Waals surface area contributed by atoms with Crippen LogP contribution in [0.1, 0.15) is 37.8 Å². The molecular formula is C18H30N2O. The monoisotopic (exact) mass is 290 g/mol. The molecule has 21 heavy (non-hydrogen) atoms. The first-order valence-corrected chi connectivity index (χ1v) is 8.27. The van der Waals surface area contributed by atoms with Crippen LogP contribution in [0, 0.1) is 0 Å². The van der Waals surface area contributed by atoms with Crippen LogP contribution in [-0.4, -0.2) is 43.8 Å². The fourth-order valence-corrected chi connectivity index (χ4v) is 2.68. The summed E-state index contributed by atoms with van der Waals surface area (Å²) in [4.78, 5) is 2.45. The maximum atomic E-state index is 5.26. The van der Waals surface area contributed by atoms with E-state index in [1.54, 1.807) is 7.11 Å². The molecule has 1 aliphatic carbocycles. The maximum Gasteiger partial charge on any atom is 0.0615 e. The number of nitrogens with zero attached hydrogens (tertiary/aromatic N) is 1. The molecule has 0 heterocycles. The van der Waals surface area contributed by atoms with Gasteiger partial charge in [-0.2, -0.15) is 0 Å². The Morgan fingerprint density at radius 1 is 1.24 bits per heavy atom. The third-order valence-electron chi connectivity index (χ3n) is 4.27. The first-order valence-electron chi connectivity index (χ1n) is 8.27. The van der Waals surface area contributed by atoms with Crippen molar-refractivity contribution < 1.29 is 4.74 Å². The molecule has 0 bridgehead atoms. The second-order valence-electron chi connectivity index (χ2n) is 6.16. The Hall–Kier alpha value is -0.900. The fourth-order valence-electron chi connectivity index (χ4n) is 2.68. The average Bonchev–Trinajstić information content (AvgIpc) is 3.30. The van der Waals surface area contributed by atoms with Gasteiger partial charge in [0.2, 0.25) is 0 Å². The van der Waals surface area contributed by atoms with Crippen LogP contribution < -0.4 is 5.32 Å². The van der Waals surface area contributed by atoms with Crippen LogP contribution in [0.5, 0.6) is 0 Å². The van der Waals surface area contributed by atoms with Crippen molar-refractivity contribution >= 4 is 0 Å². The van der Waals surface area contributed by atoms with Gasteiger partial charge in [-0.1, -0.05) is 31.2 Å². The smallest absolute Gasteiger partial charge is 0.0615 e. The Morgan fingerprint density at radius 2 is 1.90 bits per heavy atom. The summed E-state index contributed by atoms with van der Waals surface area (Å²) in [5, 5.41) is 3.57. The lowest BCUT2D eigenvalue weighted by Gasteiger charge is -2.27. The van der Waals surface area contributed by atoms with Gasteiger partial charge in [-0.3, -0.25) is 4.90 Å². The van der Waals surface area contributed by atoms with E-state index < -0.39 is 0 Å². The highest BCUT2D eigenvalue weighted by atomic mass is 16.5. The van der Waals surface area contributed by atoms with Crippen LogP contribution in [0.25, 0.3) is 0 Å². The molecule has 1 unspecified atom stereocenters. The quantitative estimate of drug-likeness (QED) is 0.717. The minimum Gasteiger partial charge on any atom is -0.383 e. The van der Waals surface area contributed by atoms with Crippen molar-refractivity contribution in [2.24, 2.45) is 0 Å². The molecule has 3 heteroatoms. The largest absolute Gasteiger partial charge is 0.383 e. The van der Waals surface area contributed by atoms with E-state index in [0.29, 0.717) is 6.04 Å². The first-order chi connectivity index (χ1) is 10.2. The lowest BCUT2D eigenvalue weighted by molar-refractivity contribution is 0.0982. The molecule has 1 aliphatic rings. The van der Waals surface area contributed by atoms with Crippen LogP contribution >= 0.6 is 0 Å². The number of likely N-dealkylation sites (N-methyl/N-ethyl adjacent to an activating group) is 1. The van der Waals surface area contributed by atoms with E-state index in [-0.39, 0.29) is 0 Å². The lowest BCUT2D eigenvalue weighted by Crippen LogP contribution is -2.35. The van der Waals surface area contributed by atoms with Gasteiger partial charge in [0.15, 0.2) is 0 Å². The van der Waals surface area contributed by atoms with Gasteiger partial charge in [-0.15, -0.1) is 0 Å². The number of methoxy groups -OCH3 is 1. The van der Waals surface area contributed by atoms with Gasteiger partial charge < -0.3 is 10.1 Å². The lowest BCUT2D eigenvalue weighted by atomic mass is 10.1. The molecule has 2 rings (SSSR count). The number of benzene rings is 1. The van der Waals surface area contributed by atoms with Crippen molar-refractivity contribution in [3.8, 4) is 0 Å². The zero-order chi connectivity index (χ0) is 15.1. The first kappa shape index (κ1) is 16.5. The third-order valence-corrected chi connectivity index (χ3v) is 4.27. The van der Waals surface area contributed by atoms with Gasteiger partial charge >= 0.3 is 0 Å². The molecule has 1 atom stereocenters. The predicted molar refractivity (Wildman–Crippen MR) is 88.6 cm³/mol. The molecule has 118 valence electrons. The topological polar surface area (TPSA) is 24.5 Å². The molecule has 0 spiro atoms. The number of nitrogens with one attached hydrogen (secondary N) is 1. The SMILES string of the molecule is CCN(Cc1ccc(CCNC2CC2)cc1)C(C)COC. The zero-order valence-electron chi connectivity index (χ0n) is 13.8. The van der Waals surface area contributed by atoms with Crippen molar-refractivity contribution in [3.05, 3.63) is 35.4 Å². The Labute approximate surface area is 129 Å². The minimum atomic E-state index is 0.461. The van der Waals surface area contributed by atoms with E-state index in [2.05, 4.69) is 48.3 Å². The van der Waals surface area contributed by atoms with E-state index >= 15 is 0 Å². The van der Waals surface area contributed by atoms with Gasteiger partial charge in [-0.05, 0) is 50.4 Å². The van der Waals surface area contributed by atoms with Crippen molar-refractivity contribution in [3.63, 3.8) is 0 Å². The summed E-state index contributed by atoms with van der Waals surface area (Å²) in [6.45, 7) is 8.39. The van der Waals surface area contributed by atoms with Crippen LogP contribution in [-0.2, 0) is 17.7 Å². The van der Waals surface area contributed by atoms with Gasteiger partial charge in [0.1, 0.15) is 0 Å². The molecule has 3 nitrogen and oxygen atoms in total. The van der Waals surface area contributed by atoms with Crippen molar-refractivity contribution in [1.82, 2.24) is 10.2 Å². The normalized spacial score (nSPS) is 16.4. The Morgan fingerprint density at radius 3 is 2.48 bits per heavy atom. The van der Waals surface area contributed by atoms with E-state index in [0.717, 1.165) is 38.7 Å². The molecule has 0 radical (unpaired) electrons. The molecule has 1 fully saturated rings. The molecule has 0 aromatic heterocycles. The number of ether oxygens (including phenoxy) is 1. The second kappa shape index (κ2) is 8.52. The van der Waals surface area contributed by atoms with E-state index in [9.17, 15) is 0 Å². The van der Waals surface area contributed by atoms with Crippen molar-refractivity contribution in [2.75, 3.05) is 26.8 Å². The molecule has 1 saturated carbocycles. The van der Waals surface area contributed by atoms with Gasteiger partial charge in [0.05, 0.1) is 6.61 Å². The summed E-state index contributed by atoms with van der Waals surface area (Å²) in [7, 11) is 1.77. The standard InChI is InChI=1S/C18H30N2O/c1-4-20(15(2)14-21-3)13-17-7-5-16(6-8-17)11-12-19-18-9-10-18/h5-8,15,18-19H,4,9-14H2,1-3H3. The zero-order valence-corrected chi connectivity index (χ0v) is 13.8. The summed E-state index contributed by atoms with van der Waals surface area (Å²) in [5.74, 6) is 0. The maximum absolute atomic E-state index is 5.26. The highest BCUT2D eigenvalue weighted by Crippen LogP contribution is 2.18. The summed E-state index contributed by atoms with van der Waals surface area (Å²) in [6.07, 6.45) is 3.87. The molecule has 0 amide bonds. The minimum absolute atomic E-state index is 0.461.